The van der Waals surface area contributed by atoms with Gasteiger partial charge in [0.25, 0.3) is 0 Å². The maximum absolute atomic E-state index is 5.08. The van der Waals surface area contributed by atoms with Crippen molar-refractivity contribution in [1.29, 1.82) is 0 Å². The summed E-state index contributed by atoms with van der Waals surface area (Å²) < 4.78 is 10.2. The summed E-state index contributed by atoms with van der Waals surface area (Å²) >= 11 is 0. The lowest BCUT2D eigenvalue weighted by Crippen LogP contribution is -3.07. The number of ether oxygens (including phenoxy) is 2. The summed E-state index contributed by atoms with van der Waals surface area (Å²) in [7, 11) is 7.77. The molecule has 4 heteroatoms. The Morgan fingerprint density at radius 1 is 0.593 bits per heavy atom. The Kier molecular flexibility index (Phi) is 14.7. The fourth-order valence-electron chi connectivity index (χ4n) is 3.30. The Hall–Kier alpha value is -0.680. The smallest absolute Gasteiger partial charge is 0.0674 e. The Balaban J connectivity index is 0.000000180. The molecule has 4 nitrogen and oxygen atoms in total. The summed E-state index contributed by atoms with van der Waals surface area (Å²) in [6.07, 6.45) is 11.5. The zero-order chi connectivity index (χ0) is 19.7. The molecule has 0 aromatic rings. The van der Waals surface area contributed by atoms with Crippen molar-refractivity contribution in [2.75, 3.05) is 52.6 Å². The van der Waals surface area contributed by atoms with Crippen LogP contribution in [0.2, 0.25) is 0 Å². The molecule has 0 unspecified atom stereocenters. The second-order valence-electron chi connectivity index (χ2n) is 8.04. The molecule has 27 heavy (non-hydrogen) atoms. The highest BCUT2D eigenvalue weighted by Gasteiger charge is 2.03. The standard InChI is InChI=1S/C6H13N.2C6H10O.C5H11N/c1-7-5-3-2-4-6-7;1-6-2-4-7-5-3-6;1-6-3-2-4-7-5-6;1-6-4-2-3-5-6/h7H,1-6H2;2*1-5H2;6H,1-5H2. The number of hydrogen-bond donors (Lipinski definition) is 2. The fraction of sp³-hybridized carbons (Fsp3) is 0.739. The van der Waals surface area contributed by atoms with E-state index in [2.05, 4.69) is 27.3 Å². The lowest BCUT2D eigenvalue weighted by atomic mass is 10.1. The van der Waals surface area contributed by atoms with E-state index in [9.17, 15) is 0 Å². The van der Waals surface area contributed by atoms with Crippen molar-refractivity contribution in [2.24, 2.45) is 0 Å². The van der Waals surface area contributed by atoms with Gasteiger partial charge in [0.1, 0.15) is 0 Å². The van der Waals surface area contributed by atoms with Crippen LogP contribution in [0.15, 0.2) is 24.3 Å². The van der Waals surface area contributed by atoms with E-state index < -0.39 is 0 Å². The number of rotatable bonds is 0. The summed E-state index contributed by atoms with van der Waals surface area (Å²) in [5, 5.41) is 0. The van der Waals surface area contributed by atoms with E-state index in [1.54, 1.807) is 0 Å². The molecule has 0 atom stereocenters. The van der Waals surface area contributed by atoms with E-state index in [-0.39, 0.29) is 0 Å². The van der Waals surface area contributed by atoms with Gasteiger partial charge in [0.2, 0.25) is 0 Å². The molecule has 0 aromatic carbocycles. The fourth-order valence-corrected chi connectivity index (χ4v) is 3.30. The zero-order valence-corrected chi connectivity index (χ0v) is 17.7. The van der Waals surface area contributed by atoms with E-state index in [0.29, 0.717) is 0 Å². The average Bonchev–Trinajstić information content (AvgIpc) is 3.16. The van der Waals surface area contributed by atoms with Crippen molar-refractivity contribution in [1.82, 2.24) is 0 Å². The van der Waals surface area contributed by atoms with Crippen LogP contribution in [0, 0.1) is 14.1 Å². The molecular weight excluding hydrogens is 336 g/mol. The van der Waals surface area contributed by atoms with E-state index >= 15 is 0 Å². The van der Waals surface area contributed by atoms with E-state index in [1.807, 2.05) is 0 Å². The van der Waals surface area contributed by atoms with Crippen LogP contribution in [0.1, 0.15) is 57.8 Å². The third-order valence-corrected chi connectivity index (χ3v) is 5.20. The van der Waals surface area contributed by atoms with Crippen LogP contribution in [0.3, 0.4) is 0 Å². The second kappa shape index (κ2) is 16.3. The Labute approximate surface area is 168 Å². The molecule has 0 saturated carbocycles. The highest BCUT2D eigenvalue weighted by Crippen LogP contribution is 2.09. The molecule has 0 aromatic heterocycles. The van der Waals surface area contributed by atoms with Crippen LogP contribution in [0.5, 0.6) is 0 Å². The third kappa shape index (κ3) is 15.0. The van der Waals surface area contributed by atoms with Crippen LogP contribution in [-0.2, 0) is 9.47 Å². The van der Waals surface area contributed by atoms with Crippen LogP contribution in [-0.4, -0.2) is 52.6 Å². The van der Waals surface area contributed by atoms with Crippen molar-refractivity contribution in [2.45, 2.75) is 57.8 Å². The van der Waals surface area contributed by atoms with E-state index in [4.69, 9.17) is 9.47 Å². The van der Waals surface area contributed by atoms with E-state index in [0.717, 1.165) is 39.3 Å². The Morgan fingerprint density at radius 3 is 1.37 bits per heavy atom. The maximum atomic E-state index is 5.08. The summed E-state index contributed by atoms with van der Waals surface area (Å²) in [5.74, 6) is 0. The van der Waals surface area contributed by atoms with Crippen LogP contribution >= 0.6 is 0 Å². The van der Waals surface area contributed by atoms with Crippen molar-refractivity contribution in [3.8, 4) is 0 Å². The molecule has 4 aliphatic rings. The summed E-state index contributed by atoms with van der Waals surface area (Å²) in [5.41, 5.74) is 2.58. The average molecular weight is 381 g/mol. The van der Waals surface area contributed by atoms with Gasteiger partial charge in [-0.25, -0.2) is 0 Å². The molecule has 4 heterocycles. The van der Waals surface area contributed by atoms with Crippen LogP contribution in [0.4, 0.5) is 0 Å². The van der Waals surface area contributed by atoms with Gasteiger partial charge in [0, 0.05) is 6.61 Å². The van der Waals surface area contributed by atoms with Crippen molar-refractivity contribution < 1.29 is 19.3 Å². The molecule has 0 radical (unpaired) electrons. The SMILES string of the molecule is C=C1CCCOC1.C=C1CCOCC1.[CH2-][NH+]1CCCC1.[CH2-][NH+]1CCCCC1. The number of nitrogens with one attached hydrogen (secondary N) is 2. The first kappa shape index (κ1) is 24.4. The lowest BCUT2D eigenvalue weighted by Gasteiger charge is -2.24. The van der Waals surface area contributed by atoms with Crippen molar-refractivity contribution in [3.05, 3.63) is 38.4 Å². The van der Waals surface area contributed by atoms with Crippen molar-refractivity contribution in [3.63, 3.8) is 0 Å². The predicted octanol–water partition coefficient (Wildman–Crippen LogP) is 2.01. The van der Waals surface area contributed by atoms with Crippen LogP contribution < -0.4 is 9.80 Å². The molecule has 4 aliphatic heterocycles. The highest BCUT2D eigenvalue weighted by atomic mass is 16.5. The van der Waals surface area contributed by atoms with Gasteiger partial charge >= 0.3 is 0 Å². The third-order valence-electron chi connectivity index (χ3n) is 5.20. The molecule has 4 rings (SSSR count). The summed E-state index contributed by atoms with van der Waals surface area (Å²) in [4.78, 5) is 2.92. The minimum Gasteiger partial charge on any atom is -0.468 e. The van der Waals surface area contributed by atoms with Gasteiger partial charge in [-0.1, -0.05) is 24.3 Å². The van der Waals surface area contributed by atoms with Gasteiger partial charge in [-0.3, -0.25) is 0 Å². The van der Waals surface area contributed by atoms with Gasteiger partial charge in [-0.2, -0.15) is 14.1 Å². The highest BCUT2D eigenvalue weighted by molar-refractivity contribution is 4.96. The molecule has 0 spiro atoms. The Morgan fingerprint density at radius 2 is 1.11 bits per heavy atom. The number of quaternary nitrogens is 2. The monoisotopic (exact) mass is 380 g/mol. The first-order valence-corrected chi connectivity index (χ1v) is 10.9. The van der Waals surface area contributed by atoms with Crippen molar-refractivity contribution >= 4 is 0 Å². The topological polar surface area (TPSA) is 27.3 Å². The second-order valence-corrected chi connectivity index (χ2v) is 8.04. The van der Waals surface area contributed by atoms with Crippen LogP contribution in [0.25, 0.3) is 0 Å². The largest absolute Gasteiger partial charge is 0.468 e. The number of piperidine rings is 1. The Bertz CT molecular complexity index is 348. The molecule has 0 amide bonds. The first-order chi connectivity index (χ1) is 13.1. The molecule has 4 fully saturated rings. The molecule has 4 saturated heterocycles. The van der Waals surface area contributed by atoms with E-state index in [1.165, 1.54) is 92.1 Å². The maximum Gasteiger partial charge on any atom is 0.0674 e. The molecular formula is C23H44N2O2. The van der Waals surface area contributed by atoms with Gasteiger partial charge in [-0.15, -0.1) is 0 Å². The number of hydrogen-bond acceptors (Lipinski definition) is 2. The summed E-state index contributed by atoms with van der Waals surface area (Å²) in [6.45, 7) is 16.3. The number of likely N-dealkylation sites (tertiary alicyclic amines) is 2. The minimum atomic E-state index is 0.792. The first-order valence-electron chi connectivity index (χ1n) is 10.9. The van der Waals surface area contributed by atoms with Gasteiger partial charge in [0.05, 0.1) is 46.0 Å². The van der Waals surface area contributed by atoms with Gasteiger partial charge in [-0.05, 0) is 57.8 Å². The predicted molar refractivity (Wildman–Crippen MR) is 114 cm³/mol. The molecule has 2 N–H and O–H groups in total. The molecule has 0 aliphatic carbocycles. The normalized spacial score (nSPS) is 23.9. The summed E-state index contributed by atoms with van der Waals surface area (Å²) in [6, 6.07) is 0. The quantitative estimate of drug-likeness (QED) is 0.497. The minimum absolute atomic E-state index is 0.792. The van der Waals surface area contributed by atoms with Gasteiger partial charge in [0.15, 0.2) is 0 Å². The van der Waals surface area contributed by atoms with Gasteiger partial charge < -0.3 is 19.3 Å². The molecule has 0 bridgehead atoms. The lowest BCUT2D eigenvalue weighted by molar-refractivity contribution is -0.858. The zero-order valence-electron chi connectivity index (χ0n) is 17.7. The molecule has 158 valence electrons.